The molecular weight excluding hydrogens is 320 g/mol. The molecule has 2 aromatic rings. The minimum atomic E-state index is -4.49. The first-order valence-electron chi connectivity index (χ1n) is 4.95. The van der Waals surface area contributed by atoms with E-state index in [9.17, 15) is 23.1 Å². The van der Waals surface area contributed by atoms with E-state index in [0.717, 1.165) is 12.1 Å². The minimum Gasteiger partial charge on any atom is -0.544 e. The van der Waals surface area contributed by atoms with Gasteiger partial charge in [-0.3, -0.25) is 0 Å². The van der Waals surface area contributed by atoms with Crippen molar-refractivity contribution in [3.63, 3.8) is 0 Å². The third-order valence-corrected chi connectivity index (χ3v) is 3.22. The Labute approximate surface area is 158 Å². The van der Waals surface area contributed by atoms with Gasteiger partial charge in [0.1, 0.15) is 5.69 Å². The maximum Gasteiger partial charge on any atom is 1.00 e. The van der Waals surface area contributed by atoms with E-state index in [-0.39, 0.29) is 73.2 Å². The second-order valence-electron chi connectivity index (χ2n) is 3.64. The van der Waals surface area contributed by atoms with Crippen molar-refractivity contribution in [1.29, 1.82) is 0 Å². The number of aromatic nitrogens is 1. The van der Waals surface area contributed by atoms with Crippen LogP contribution in [-0.4, -0.2) is 10.3 Å². The van der Waals surface area contributed by atoms with Gasteiger partial charge in [-0.2, -0.15) is 17.5 Å². The number of carboxylic acids is 1. The number of carbonyl (C=O) groups is 1. The number of hydrogen-bond acceptors (Lipinski definition) is 5. The fraction of sp³-hybridized carbons (Fsp3) is 0.0909. The van der Waals surface area contributed by atoms with Crippen LogP contribution in [0.4, 0.5) is 18.9 Å². The van der Waals surface area contributed by atoms with Gasteiger partial charge >= 0.3 is 57.6 Å². The first kappa shape index (κ1) is 17.6. The number of nitrogen functional groups attached to an aromatic ring is 1. The van der Waals surface area contributed by atoms with Crippen LogP contribution >= 0.6 is 11.5 Å². The maximum atomic E-state index is 12.6. The molecule has 2 rings (SSSR count). The van der Waals surface area contributed by atoms with Crippen molar-refractivity contribution in [3.8, 4) is 11.3 Å². The molecule has 0 radical (unpaired) electrons. The summed E-state index contributed by atoms with van der Waals surface area (Å²) < 4.78 is 41.5. The normalized spacial score (nSPS) is 10.9. The molecular formula is C11H6F3KN2O2S. The summed E-state index contributed by atoms with van der Waals surface area (Å²) in [4.78, 5) is 10.4. The van der Waals surface area contributed by atoms with Crippen molar-refractivity contribution in [2.24, 2.45) is 0 Å². The molecule has 4 nitrogen and oxygen atoms in total. The summed E-state index contributed by atoms with van der Waals surface area (Å²) in [5.41, 5.74) is 4.61. The van der Waals surface area contributed by atoms with Gasteiger partial charge in [-0.1, -0.05) is 12.1 Å². The predicted octanol–water partition coefficient (Wildman–Crippen LogP) is -1.22. The largest absolute Gasteiger partial charge is 1.00 e. The number of anilines is 1. The third kappa shape index (κ3) is 3.60. The first-order chi connectivity index (χ1) is 8.80. The van der Waals surface area contributed by atoms with Crippen LogP contribution in [0.5, 0.6) is 0 Å². The van der Waals surface area contributed by atoms with Crippen molar-refractivity contribution in [1.82, 2.24) is 4.37 Å². The Morgan fingerprint density at radius 3 is 2.50 bits per heavy atom. The molecule has 100 valence electrons. The second-order valence-corrected chi connectivity index (χ2v) is 4.41. The Morgan fingerprint density at radius 2 is 2.00 bits per heavy atom. The quantitative estimate of drug-likeness (QED) is 0.702. The zero-order chi connectivity index (χ0) is 14.2. The van der Waals surface area contributed by atoms with Gasteiger partial charge in [-0.05, 0) is 23.7 Å². The first-order valence-corrected chi connectivity index (χ1v) is 5.72. The molecule has 0 bridgehead atoms. The van der Waals surface area contributed by atoms with E-state index in [1.165, 1.54) is 12.1 Å². The van der Waals surface area contributed by atoms with Gasteiger partial charge in [-0.15, -0.1) is 0 Å². The number of hydrogen-bond donors (Lipinski definition) is 1. The SMILES string of the molecule is Nc1c(-c2cccc(C(F)(F)F)c2)nsc1C(=O)[O-].[K+]. The Morgan fingerprint density at radius 1 is 1.35 bits per heavy atom. The summed E-state index contributed by atoms with van der Waals surface area (Å²) in [6, 6.07) is 4.35. The standard InChI is InChI=1S/C11H7F3N2O2S.K/c12-11(13,14)6-3-1-2-5(4-6)8-7(15)9(10(17)18)19-16-8;/h1-4H,15H2,(H,17,18);/q;+1/p-1. The molecule has 0 aliphatic heterocycles. The maximum absolute atomic E-state index is 12.6. The van der Waals surface area contributed by atoms with Crippen LogP contribution in [0.25, 0.3) is 11.3 Å². The topological polar surface area (TPSA) is 79.0 Å². The van der Waals surface area contributed by atoms with Gasteiger partial charge in [0.25, 0.3) is 0 Å². The molecule has 9 heteroatoms. The van der Waals surface area contributed by atoms with Gasteiger partial charge in [0.15, 0.2) is 0 Å². The number of halogens is 3. The molecule has 0 saturated carbocycles. The Kier molecular flexibility index (Phi) is 5.76. The summed E-state index contributed by atoms with van der Waals surface area (Å²) in [5.74, 6) is -1.51. The molecule has 20 heavy (non-hydrogen) atoms. The number of carbonyl (C=O) groups excluding carboxylic acids is 1. The average Bonchev–Trinajstić information content (AvgIpc) is 2.70. The molecule has 0 amide bonds. The van der Waals surface area contributed by atoms with Crippen LogP contribution in [-0.2, 0) is 6.18 Å². The van der Waals surface area contributed by atoms with Gasteiger partial charge in [-0.25, -0.2) is 0 Å². The van der Waals surface area contributed by atoms with E-state index >= 15 is 0 Å². The zero-order valence-electron chi connectivity index (χ0n) is 10.2. The van der Waals surface area contributed by atoms with Crippen molar-refractivity contribution < 1.29 is 74.5 Å². The molecule has 0 aliphatic carbocycles. The van der Waals surface area contributed by atoms with E-state index in [2.05, 4.69) is 4.37 Å². The molecule has 1 heterocycles. The number of nitrogens with two attached hydrogens (primary N) is 1. The van der Waals surface area contributed by atoms with E-state index in [1.54, 1.807) is 0 Å². The fourth-order valence-corrected chi connectivity index (χ4v) is 2.15. The summed E-state index contributed by atoms with van der Waals surface area (Å²) in [6.07, 6.45) is -4.49. The Balaban J connectivity index is 0.00000200. The van der Waals surface area contributed by atoms with Crippen LogP contribution in [0, 0.1) is 0 Å². The molecule has 2 N–H and O–H groups in total. The van der Waals surface area contributed by atoms with E-state index in [1.807, 2.05) is 0 Å². The monoisotopic (exact) mass is 326 g/mol. The van der Waals surface area contributed by atoms with Gasteiger partial charge < -0.3 is 15.6 Å². The molecule has 0 fully saturated rings. The van der Waals surface area contributed by atoms with Gasteiger partial charge in [0.05, 0.1) is 22.1 Å². The summed E-state index contributed by atoms with van der Waals surface area (Å²) in [6.45, 7) is 0. The van der Waals surface area contributed by atoms with Crippen molar-refractivity contribution in [3.05, 3.63) is 34.7 Å². The van der Waals surface area contributed by atoms with E-state index in [4.69, 9.17) is 5.73 Å². The van der Waals surface area contributed by atoms with Gasteiger partial charge in [0.2, 0.25) is 0 Å². The third-order valence-electron chi connectivity index (χ3n) is 2.38. The Hall–Kier alpha value is -0.454. The van der Waals surface area contributed by atoms with Crippen molar-refractivity contribution >= 4 is 23.2 Å². The number of alkyl halides is 3. The molecule has 0 saturated heterocycles. The number of benzene rings is 1. The number of nitrogens with zero attached hydrogens (tertiary/aromatic N) is 1. The zero-order valence-corrected chi connectivity index (χ0v) is 14.1. The fourth-order valence-electron chi connectivity index (χ4n) is 1.50. The number of carboxylic acid groups (broad SMARTS) is 1. The molecule has 0 atom stereocenters. The number of aromatic carboxylic acids is 1. The Bertz CT molecular complexity index is 643. The molecule has 0 spiro atoms. The van der Waals surface area contributed by atoms with Crippen LogP contribution in [0.1, 0.15) is 15.2 Å². The molecule has 1 aromatic carbocycles. The smallest absolute Gasteiger partial charge is 0.544 e. The van der Waals surface area contributed by atoms with Crippen LogP contribution in [0.3, 0.4) is 0 Å². The molecule has 0 aliphatic rings. The van der Waals surface area contributed by atoms with Crippen LogP contribution in [0.15, 0.2) is 24.3 Å². The van der Waals surface area contributed by atoms with Crippen molar-refractivity contribution in [2.75, 3.05) is 5.73 Å². The molecule has 0 unspecified atom stereocenters. The van der Waals surface area contributed by atoms with Crippen molar-refractivity contribution in [2.45, 2.75) is 6.18 Å². The minimum absolute atomic E-state index is 0. The summed E-state index contributed by atoms with van der Waals surface area (Å²) in [7, 11) is 0. The summed E-state index contributed by atoms with van der Waals surface area (Å²) in [5, 5.41) is 10.7. The molecule has 1 aromatic heterocycles. The van der Waals surface area contributed by atoms with E-state index < -0.39 is 17.7 Å². The number of rotatable bonds is 2. The van der Waals surface area contributed by atoms with Gasteiger partial charge in [0, 0.05) is 5.56 Å². The van der Waals surface area contributed by atoms with Crippen LogP contribution < -0.4 is 62.2 Å². The predicted molar refractivity (Wildman–Crippen MR) is 61.3 cm³/mol. The van der Waals surface area contributed by atoms with E-state index in [0.29, 0.717) is 11.5 Å². The van der Waals surface area contributed by atoms with Crippen LogP contribution in [0.2, 0.25) is 0 Å². The second kappa shape index (κ2) is 6.54. The summed E-state index contributed by atoms with van der Waals surface area (Å²) >= 11 is 0.574. The average molecular weight is 326 g/mol.